The largest absolute Gasteiger partial charge is 0.462 e. The fourth-order valence-electron chi connectivity index (χ4n) is 6.95. The van der Waals surface area contributed by atoms with Crippen LogP contribution in [0.25, 0.3) is 41.1 Å². The predicted molar refractivity (Wildman–Crippen MR) is 228 cm³/mol. The first-order chi connectivity index (χ1) is 25.6. The van der Waals surface area contributed by atoms with Crippen molar-refractivity contribution in [1.82, 2.24) is 0 Å². The molecule has 0 aliphatic rings. The molecule has 0 atom stereocenters. The number of carbonyl (C=O) groups excluding carboxylic acids is 2. The molecule has 0 spiro atoms. The lowest BCUT2D eigenvalue weighted by atomic mass is 10.0. The zero-order valence-electron chi connectivity index (χ0n) is 31.4. The van der Waals surface area contributed by atoms with E-state index in [4.69, 9.17) is 9.47 Å². The molecule has 52 heavy (non-hydrogen) atoms. The van der Waals surface area contributed by atoms with E-state index in [9.17, 15) is 9.59 Å². The molecule has 0 saturated heterocycles. The number of rotatable bonds is 26. The fraction of sp³-hybridized carbons (Fsp3) is 0.545. The highest BCUT2D eigenvalue weighted by Gasteiger charge is 2.22. The average Bonchev–Trinajstić information content (AvgIpc) is 3.99. The lowest BCUT2D eigenvalue weighted by molar-refractivity contribution is 0.0494. The Morgan fingerprint density at radius 1 is 0.462 bits per heavy atom. The normalized spacial score (nSPS) is 11.6. The predicted octanol–water partition coefficient (Wildman–Crippen LogP) is 15.7. The van der Waals surface area contributed by atoms with Crippen molar-refractivity contribution < 1.29 is 19.1 Å². The smallest absolute Gasteiger partial charge is 0.348 e. The summed E-state index contributed by atoms with van der Waals surface area (Å²) in [6, 6.07) is 12.4. The third-order valence-corrected chi connectivity index (χ3v) is 13.9. The Hall–Kier alpha value is -2.52. The van der Waals surface area contributed by atoms with Gasteiger partial charge >= 0.3 is 11.9 Å². The minimum atomic E-state index is -0.223. The van der Waals surface area contributed by atoms with Gasteiger partial charge in [0.25, 0.3) is 0 Å². The van der Waals surface area contributed by atoms with E-state index in [0.29, 0.717) is 23.0 Å². The summed E-state index contributed by atoms with van der Waals surface area (Å²) in [6.45, 7) is 5.49. The zero-order valence-corrected chi connectivity index (χ0v) is 34.7. The van der Waals surface area contributed by atoms with E-state index in [1.807, 2.05) is 12.1 Å². The van der Waals surface area contributed by atoms with E-state index >= 15 is 0 Å². The number of hydrogen-bond acceptors (Lipinski definition) is 8. The third-order valence-electron chi connectivity index (χ3n) is 9.89. The molecule has 0 aliphatic heterocycles. The Kier molecular flexibility index (Phi) is 17.7. The van der Waals surface area contributed by atoms with Crippen LogP contribution in [0.15, 0.2) is 47.2 Å². The SMILES string of the molecule is CCCCCCCCCCCCOC(=O)c1ccc(-c2c3ccsc3c(-c3ccc(C(=O)OCCCCCCCCCCCC)s3)c3ccsc23)s1. The highest BCUT2D eigenvalue weighted by molar-refractivity contribution is 7.23. The van der Waals surface area contributed by atoms with E-state index in [0.717, 1.165) is 35.4 Å². The maximum absolute atomic E-state index is 13.0. The summed E-state index contributed by atoms with van der Waals surface area (Å²) < 4.78 is 13.8. The maximum Gasteiger partial charge on any atom is 0.348 e. The molecule has 5 aromatic rings. The van der Waals surface area contributed by atoms with Gasteiger partial charge in [-0.15, -0.1) is 45.3 Å². The van der Waals surface area contributed by atoms with Crippen LogP contribution in [0.3, 0.4) is 0 Å². The second kappa shape index (κ2) is 22.6. The van der Waals surface area contributed by atoms with Crippen molar-refractivity contribution in [2.75, 3.05) is 13.2 Å². The number of carbonyl (C=O) groups is 2. The lowest BCUT2D eigenvalue weighted by Gasteiger charge is -2.10. The average molecular weight is 779 g/mol. The molecule has 4 aromatic heterocycles. The molecule has 0 radical (unpaired) electrons. The number of esters is 2. The van der Waals surface area contributed by atoms with Crippen molar-refractivity contribution >= 4 is 77.5 Å². The Labute approximate surface area is 328 Å². The van der Waals surface area contributed by atoms with Gasteiger partial charge in [-0.25, -0.2) is 9.59 Å². The molecular formula is C44H58O4S4. The number of unbranched alkanes of at least 4 members (excludes halogenated alkanes) is 18. The van der Waals surface area contributed by atoms with Crippen LogP contribution < -0.4 is 0 Å². The summed E-state index contributed by atoms with van der Waals surface area (Å²) in [6.07, 6.45) is 25.2. The number of thiophene rings is 4. The van der Waals surface area contributed by atoms with Crippen molar-refractivity contribution in [1.29, 1.82) is 0 Å². The number of hydrogen-bond donors (Lipinski definition) is 0. The van der Waals surface area contributed by atoms with Crippen molar-refractivity contribution in [3.63, 3.8) is 0 Å². The molecule has 5 rings (SSSR count). The van der Waals surface area contributed by atoms with Gasteiger partial charge in [0.1, 0.15) is 9.75 Å². The fourth-order valence-corrected chi connectivity index (χ4v) is 11.0. The van der Waals surface area contributed by atoms with Crippen molar-refractivity contribution in [2.24, 2.45) is 0 Å². The summed E-state index contributed by atoms with van der Waals surface area (Å²) in [7, 11) is 0. The minimum absolute atomic E-state index is 0.223. The van der Waals surface area contributed by atoms with Crippen LogP contribution in [0.4, 0.5) is 0 Å². The van der Waals surface area contributed by atoms with E-state index in [1.54, 1.807) is 22.7 Å². The Balaban J connectivity index is 1.14. The van der Waals surface area contributed by atoms with Crippen molar-refractivity contribution in [3.8, 4) is 20.9 Å². The van der Waals surface area contributed by atoms with Crippen molar-refractivity contribution in [2.45, 2.75) is 142 Å². The molecule has 4 heterocycles. The molecular weight excluding hydrogens is 721 g/mol. The van der Waals surface area contributed by atoms with Crippen LogP contribution in [0.1, 0.15) is 162 Å². The van der Waals surface area contributed by atoms with Gasteiger partial charge in [-0.05, 0) is 60.0 Å². The quantitative estimate of drug-likeness (QED) is 0.0414. The highest BCUT2D eigenvalue weighted by Crippen LogP contribution is 2.50. The molecule has 0 bridgehead atoms. The number of ether oxygens (including phenoxy) is 2. The third kappa shape index (κ3) is 11.7. The molecule has 0 amide bonds. The zero-order chi connectivity index (χ0) is 36.4. The van der Waals surface area contributed by atoms with Gasteiger partial charge < -0.3 is 9.47 Å². The van der Waals surface area contributed by atoms with Crippen LogP contribution in [0, 0.1) is 0 Å². The van der Waals surface area contributed by atoms with Crippen LogP contribution in [0.5, 0.6) is 0 Å². The number of benzene rings is 1. The van der Waals surface area contributed by atoms with Gasteiger partial charge in [0.2, 0.25) is 0 Å². The first-order valence-corrected chi connectivity index (χ1v) is 23.5. The van der Waals surface area contributed by atoms with E-state index in [1.165, 1.54) is 157 Å². The van der Waals surface area contributed by atoms with Crippen LogP contribution in [0.2, 0.25) is 0 Å². The van der Waals surface area contributed by atoms with Gasteiger partial charge in [0.15, 0.2) is 0 Å². The lowest BCUT2D eigenvalue weighted by Crippen LogP contribution is -2.04. The first-order valence-electron chi connectivity index (χ1n) is 20.1. The van der Waals surface area contributed by atoms with Gasteiger partial charge in [0, 0.05) is 41.1 Å². The number of fused-ring (bicyclic) bond motifs is 2. The first kappa shape index (κ1) is 40.7. The molecule has 0 fully saturated rings. The van der Waals surface area contributed by atoms with E-state index in [2.05, 4.69) is 48.9 Å². The second-order valence-electron chi connectivity index (χ2n) is 14.0. The molecule has 282 valence electrons. The Morgan fingerprint density at radius 3 is 1.17 bits per heavy atom. The molecule has 0 unspecified atom stereocenters. The standard InChI is InChI=1S/C44H58O4S4/c1-3-5-7-9-11-13-15-17-19-21-29-47-43(45)37-25-23-35(51-37)39-33-27-31-50-42(33)40(34-28-32-49-41(34)39)36-24-26-38(52-36)44(46)48-30-22-20-18-16-14-12-10-8-6-4-2/h23-28,31-32H,3-22,29-30H2,1-2H3. The summed E-state index contributed by atoms with van der Waals surface area (Å²) >= 11 is 6.50. The molecule has 1 aromatic carbocycles. The Bertz CT molecular complexity index is 1610. The summed E-state index contributed by atoms with van der Waals surface area (Å²) in [5.74, 6) is -0.446. The van der Waals surface area contributed by atoms with Crippen molar-refractivity contribution in [3.05, 3.63) is 56.9 Å². The van der Waals surface area contributed by atoms with Gasteiger partial charge in [-0.3, -0.25) is 0 Å². The summed E-state index contributed by atoms with van der Waals surface area (Å²) in [4.78, 5) is 29.5. The van der Waals surface area contributed by atoms with Crippen LogP contribution in [-0.2, 0) is 9.47 Å². The second-order valence-corrected chi connectivity index (χ2v) is 18.0. The van der Waals surface area contributed by atoms with Crippen LogP contribution in [-0.4, -0.2) is 25.2 Å². The summed E-state index contributed by atoms with van der Waals surface area (Å²) in [5, 5.41) is 6.65. The molecule has 0 aliphatic carbocycles. The van der Waals surface area contributed by atoms with Gasteiger partial charge in [0.05, 0.1) is 13.2 Å². The molecule has 8 heteroatoms. The molecule has 4 nitrogen and oxygen atoms in total. The Morgan fingerprint density at radius 2 is 0.808 bits per heavy atom. The minimum Gasteiger partial charge on any atom is -0.462 e. The molecule has 0 N–H and O–H groups in total. The topological polar surface area (TPSA) is 52.6 Å². The highest BCUT2D eigenvalue weighted by atomic mass is 32.1. The van der Waals surface area contributed by atoms with Gasteiger partial charge in [-0.1, -0.05) is 129 Å². The monoisotopic (exact) mass is 778 g/mol. The van der Waals surface area contributed by atoms with E-state index < -0.39 is 0 Å². The summed E-state index contributed by atoms with van der Waals surface area (Å²) in [5.41, 5.74) is 2.35. The van der Waals surface area contributed by atoms with Crippen LogP contribution >= 0.6 is 45.3 Å². The van der Waals surface area contributed by atoms with E-state index in [-0.39, 0.29) is 11.9 Å². The maximum atomic E-state index is 13.0. The molecule has 0 saturated carbocycles. The van der Waals surface area contributed by atoms with Gasteiger partial charge in [-0.2, -0.15) is 0 Å².